The van der Waals surface area contributed by atoms with E-state index in [-0.39, 0.29) is 29.2 Å². The monoisotopic (exact) mass is 435 g/mol. The second-order valence-electron chi connectivity index (χ2n) is 9.31. The van der Waals surface area contributed by atoms with Gasteiger partial charge in [0, 0.05) is 22.8 Å². The number of rotatable bonds is 4. The molecule has 2 aliphatic rings. The van der Waals surface area contributed by atoms with Crippen LogP contribution < -0.4 is 24.5 Å². The zero-order chi connectivity index (χ0) is 22.8. The Morgan fingerprint density at radius 2 is 1.66 bits per heavy atom. The quantitative estimate of drug-likeness (QED) is 0.634. The van der Waals surface area contributed by atoms with Crippen molar-refractivity contribution in [3.8, 4) is 23.0 Å². The van der Waals surface area contributed by atoms with Crippen molar-refractivity contribution in [2.24, 2.45) is 11.8 Å². The largest absolute Gasteiger partial charge is 0.493 e. The number of methoxy groups -OCH3 is 3. The molecular weight excluding hydrogens is 406 g/mol. The van der Waals surface area contributed by atoms with E-state index in [9.17, 15) is 4.79 Å². The number of para-hydroxylation sites is 1. The Morgan fingerprint density at radius 3 is 2.34 bits per heavy atom. The van der Waals surface area contributed by atoms with Crippen LogP contribution in [0, 0.1) is 11.8 Å². The molecule has 1 N–H and O–H groups in total. The van der Waals surface area contributed by atoms with Crippen LogP contribution in [0.5, 0.6) is 23.0 Å². The zero-order valence-corrected chi connectivity index (χ0v) is 19.3. The van der Waals surface area contributed by atoms with Gasteiger partial charge in [-0.15, -0.1) is 0 Å². The summed E-state index contributed by atoms with van der Waals surface area (Å²) in [5.41, 5.74) is 2.05. The second-order valence-corrected chi connectivity index (χ2v) is 9.31. The van der Waals surface area contributed by atoms with Gasteiger partial charge in [-0.1, -0.05) is 25.1 Å². The molecule has 0 spiro atoms. The summed E-state index contributed by atoms with van der Waals surface area (Å²) in [4.78, 5) is 16.4. The number of aromatic amines is 1. The van der Waals surface area contributed by atoms with E-state index in [0.717, 1.165) is 22.0 Å². The lowest BCUT2D eigenvalue weighted by Crippen LogP contribution is -2.58. The summed E-state index contributed by atoms with van der Waals surface area (Å²) in [5, 5.41) is 0.936. The van der Waals surface area contributed by atoms with Crippen LogP contribution >= 0.6 is 0 Å². The number of H-pyrrole nitrogens is 1. The Balaban J connectivity index is 1.74. The zero-order valence-electron chi connectivity index (χ0n) is 19.3. The number of hydrogen-bond acceptors (Lipinski definition) is 5. The molecule has 4 atom stereocenters. The summed E-state index contributed by atoms with van der Waals surface area (Å²) in [6.07, 6.45) is 0. The molecule has 1 aromatic heterocycles. The lowest BCUT2D eigenvalue weighted by Gasteiger charge is -2.60. The van der Waals surface area contributed by atoms with Gasteiger partial charge in [0.15, 0.2) is 11.5 Å². The van der Waals surface area contributed by atoms with Gasteiger partial charge in [0.2, 0.25) is 5.75 Å². The third kappa shape index (κ3) is 2.68. The lowest BCUT2D eigenvalue weighted by atomic mass is 9.48. The molecule has 6 heteroatoms. The molecule has 1 saturated carbocycles. The van der Waals surface area contributed by atoms with Crippen LogP contribution in [0.25, 0.3) is 10.9 Å². The molecule has 2 heterocycles. The molecule has 1 aliphatic heterocycles. The normalized spacial score (nSPS) is 25.2. The van der Waals surface area contributed by atoms with Gasteiger partial charge in [-0.3, -0.25) is 4.79 Å². The second kappa shape index (κ2) is 7.19. The number of aromatic nitrogens is 1. The van der Waals surface area contributed by atoms with Crippen LogP contribution in [-0.2, 0) is 0 Å². The van der Waals surface area contributed by atoms with Crippen molar-refractivity contribution in [3.05, 3.63) is 57.9 Å². The lowest BCUT2D eigenvalue weighted by molar-refractivity contribution is -0.0829. The Kier molecular flexibility index (Phi) is 4.66. The fraction of sp³-hybridized carbons (Fsp3) is 0.423. The molecule has 0 radical (unpaired) electrons. The van der Waals surface area contributed by atoms with Crippen LogP contribution in [0.4, 0.5) is 0 Å². The van der Waals surface area contributed by atoms with Crippen LogP contribution in [-0.4, -0.2) is 31.9 Å². The molecule has 0 saturated heterocycles. The third-order valence-electron chi connectivity index (χ3n) is 7.41. The molecular formula is C26H29NO5. The summed E-state index contributed by atoms with van der Waals surface area (Å²) in [5.74, 6) is 3.11. The molecule has 32 heavy (non-hydrogen) atoms. The Labute approximate surface area is 187 Å². The van der Waals surface area contributed by atoms with Crippen molar-refractivity contribution in [2.45, 2.75) is 38.2 Å². The van der Waals surface area contributed by atoms with E-state index in [0.29, 0.717) is 23.0 Å². The van der Waals surface area contributed by atoms with Gasteiger partial charge in [-0.25, -0.2) is 0 Å². The van der Waals surface area contributed by atoms with Gasteiger partial charge in [0.05, 0.1) is 32.4 Å². The smallest absolute Gasteiger partial charge is 0.255 e. The van der Waals surface area contributed by atoms with Gasteiger partial charge in [-0.05, 0) is 43.9 Å². The molecule has 168 valence electrons. The summed E-state index contributed by atoms with van der Waals surface area (Å²) in [6, 6.07) is 11.8. The van der Waals surface area contributed by atoms with E-state index in [2.05, 4.69) is 25.8 Å². The van der Waals surface area contributed by atoms with E-state index in [4.69, 9.17) is 18.9 Å². The SMILES string of the molecule is COc1ccc([C@@H]2[C@@H](C)[C@H]3[C@@H]2c2c(c4ccccc4[nH]c2=O)OC3(C)C)c(OC)c1OC. The summed E-state index contributed by atoms with van der Waals surface area (Å²) >= 11 is 0. The number of benzene rings is 2. The first-order valence-electron chi connectivity index (χ1n) is 11.0. The number of hydrogen-bond donors (Lipinski definition) is 1. The van der Waals surface area contributed by atoms with Gasteiger partial charge >= 0.3 is 0 Å². The number of pyridine rings is 1. The predicted molar refractivity (Wildman–Crippen MR) is 124 cm³/mol. The van der Waals surface area contributed by atoms with Gasteiger partial charge in [-0.2, -0.15) is 0 Å². The first-order valence-corrected chi connectivity index (χ1v) is 11.0. The molecule has 0 amide bonds. The molecule has 5 rings (SSSR count). The number of nitrogens with one attached hydrogen (secondary N) is 1. The van der Waals surface area contributed by atoms with Crippen molar-refractivity contribution >= 4 is 10.9 Å². The first-order chi connectivity index (χ1) is 15.3. The van der Waals surface area contributed by atoms with E-state index in [1.54, 1.807) is 21.3 Å². The molecule has 3 aromatic rings. The minimum absolute atomic E-state index is 0.00380. The van der Waals surface area contributed by atoms with Crippen molar-refractivity contribution in [2.75, 3.05) is 21.3 Å². The Hall–Kier alpha value is -3.15. The minimum Gasteiger partial charge on any atom is -0.493 e. The minimum atomic E-state index is -0.409. The highest BCUT2D eigenvalue weighted by Gasteiger charge is 2.61. The van der Waals surface area contributed by atoms with E-state index in [1.807, 2.05) is 36.4 Å². The highest BCUT2D eigenvalue weighted by Crippen LogP contribution is 2.66. The van der Waals surface area contributed by atoms with Crippen molar-refractivity contribution in [3.63, 3.8) is 0 Å². The van der Waals surface area contributed by atoms with Crippen LogP contribution in [0.1, 0.15) is 43.7 Å². The van der Waals surface area contributed by atoms with Gasteiger partial charge < -0.3 is 23.9 Å². The number of ether oxygens (including phenoxy) is 4. The highest BCUT2D eigenvalue weighted by molar-refractivity contribution is 5.87. The van der Waals surface area contributed by atoms with Crippen molar-refractivity contribution in [1.29, 1.82) is 0 Å². The maximum absolute atomic E-state index is 13.3. The molecule has 6 nitrogen and oxygen atoms in total. The Bertz CT molecular complexity index is 1260. The van der Waals surface area contributed by atoms with Gasteiger partial charge in [0.1, 0.15) is 11.4 Å². The summed E-state index contributed by atoms with van der Waals surface area (Å²) in [7, 11) is 4.87. The Morgan fingerprint density at radius 1 is 0.938 bits per heavy atom. The van der Waals surface area contributed by atoms with E-state index < -0.39 is 5.60 Å². The molecule has 0 unspecified atom stereocenters. The highest BCUT2D eigenvalue weighted by atomic mass is 16.5. The first kappa shape index (κ1) is 20.7. The summed E-state index contributed by atoms with van der Waals surface area (Å²) in [6.45, 7) is 6.48. The van der Waals surface area contributed by atoms with Crippen molar-refractivity contribution in [1.82, 2.24) is 4.98 Å². The maximum atomic E-state index is 13.3. The third-order valence-corrected chi connectivity index (χ3v) is 7.41. The molecule has 1 aliphatic carbocycles. The van der Waals surface area contributed by atoms with E-state index >= 15 is 0 Å². The van der Waals surface area contributed by atoms with E-state index in [1.165, 1.54) is 0 Å². The standard InChI is InChI=1S/C26H29NO5/c1-13-18(15-11-12-17(29-4)24(31-6)23(15)30-5)19-20-22(32-26(2,3)21(13)19)14-9-7-8-10-16(14)27-25(20)28/h7-13,18-19,21H,1-6H3,(H,27,28)/t13-,18+,19+,21+/m1/s1. The number of fused-ring (bicyclic) bond motifs is 5. The average Bonchev–Trinajstić information content (AvgIpc) is 2.77. The molecule has 2 aromatic carbocycles. The maximum Gasteiger partial charge on any atom is 0.255 e. The summed E-state index contributed by atoms with van der Waals surface area (Å²) < 4.78 is 23.5. The fourth-order valence-corrected chi connectivity index (χ4v) is 6.22. The molecule has 0 bridgehead atoms. The average molecular weight is 436 g/mol. The molecule has 1 fully saturated rings. The fourth-order valence-electron chi connectivity index (χ4n) is 6.22. The predicted octanol–water partition coefficient (Wildman–Crippen LogP) is 4.86. The van der Waals surface area contributed by atoms with Crippen LogP contribution in [0.3, 0.4) is 0 Å². The topological polar surface area (TPSA) is 69.8 Å². The van der Waals surface area contributed by atoms with Crippen molar-refractivity contribution < 1.29 is 18.9 Å². The van der Waals surface area contributed by atoms with Gasteiger partial charge in [0.25, 0.3) is 5.56 Å². The van der Waals surface area contributed by atoms with Crippen LogP contribution in [0.15, 0.2) is 41.2 Å². The van der Waals surface area contributed by atoms with Crippen LogP contribution in [0.2, 0.25) is 0 Å².